The topological polar surface area (TPSA) is 86.9 Å². The zero-order valence-electron chi connectivity index (χ0n) is 7.29. The molecule has 0 spiro atoms. The Morgan fingerprint density at radius 3 is 2.85 bits per heavy atom. The number of nitrogen functional groups attached to an aromatic ring is 1. The van der Waals surface area contributed by atoms with E-state index >= 15 is 0 Å². The molecule has 0 aromatic carbocycles. The van der Waals surface area contributed by atoms with Crippen LogP contribution in [0.25, 0.3) is 0 Å². The minimum atomic E-state index is -0.542. The van der Waals surface area contributed by atoms with Crippen LogP contribution >= 0.6 is 0 Å². The summed E-state index contributed by atoms with van der Waals surface area (Å²) >= 11 is 0. The molecule has 0 saturated heterocycles. The Bertz CT molecular complexity index is 355. The second-order valence-electron chi connectivity index (χ2n) is 3.25. The summed E-state index contributed by atoms with van der Waals surface area (Å²) in [5.41, 5.74) is 12.5. The van der Waals surface area contributed by atoms with Crippen molar-refractivity contribution >= 4 is 11.6 Å². The summed E-state index contributed by atoms with van der Waals surface area (Å²) in [6.45, 7) is 0.840. The Kier molecular flexibility index (Phi) is 1.72. The van der Waals surface area contributed by atoms with Gasteiger partial charge < -0.3 is 11.5 Å². The SMILES string of the molecule is NC(=O)c1nn2c(c1N)CCCC2. The molecule has 1 aromatic rings. The van der Waals surface area contributed by atoms with Crippen LogP contribution in [0.15, 0.2) is 0 Å². The van der Waals surface area contributed by atoms with E-state index in [-0.39, 0.29) is 5.69 Å². The van der Waals surface area contributed by atoms with Crippen LogP contribution in [-0.4, -0.2) is 15.7 Å². The molecule has 1 aliphatic heterocycles. The van der Waals surface area contributed by atoms with Crippen LogP contribution in [0.2, 0.25) is 0 Å². The molecule has 1 aliphatic rings. The monoisotopic (exact) mass is 180 g/mol. The van der Waals surface area contributed by atoms with E-state index in [1.54, 1.807) is 4.68 Å². The van der Waals surface area contributed by atoms with E-state index < -0.39 is 5.91 Å². The van der Waals surface area contributed by atoms with E-state index in [4.69, 9.17) is 11.5 Å². The van der Waals surface area contributed by atoms with Crippen LogP contribution in [-0.2, 0) is 13.0 Å². The van der Waals surface area contributed by atoms with Gasteiger partial charge in [-0.1, -0.05) is 0 Å². The van der Waals surface area contributed by atoms with E-state index in [9.17, 15) is 4.79 Å². The van der Waals surface area contributed by atoms with Gasteiger partial charge in [-0.2, -0.15) is 5.10 Å². The van der Waals surface area contributed by atoms with E-state index in [2.05, 4.69) is 5.10 Å². The van der Waals surface area contributed by atoms with Crippen molar-refractivity contribution in [1.29, 1.82) is 0 Å². The number of anilines is 1. The van der Waals surface area contributed by atoms with Crippen LogP contribution < -0.4 is 11.5 Å². The van der Waals surface area contributed by atoms with Gasteiger partial charge in [0.15, 0.2) is 5.69 Å². The van der Waals surface area contributed by atoms with Gasteiger partial charge in [0.1, 0.15) is 0 Å². The number of aromatic nitrogens is 2. The molecule has 0 atom stereocenters. The van der Waals surface area contributed by atoms with E-state index in [0.717, 1.165) is 31.5 Å². The quantitative estimate of drug-likeness (QED) is 0.632. The first-order valence-corrected chi connectivity index (χ1v) is 4.35. The van der Waals surface area contributed by atoms with Gasteiger partial charge in [0.05, 0.1) is 11.4 Å². The Morgan fingerprint density at radius 2 is 2.23 bits per heavy atom. The molecule has 13 heavy (non-hydrogen) atoms. The number of fused-ring (bicyclic) bond motifs is 1. The molecule has 5 nitrogen and oxygen atoms in total. The minimum Gasteiger partial charge on any atom is -0.395 e. The molecule has 0 unspecified atom stereocenters. The number of aryl methyl sites for hydroxylation is 1. The van der Waals surface area contributed by atoms with Crippen molar-refractivity contribution < 1.29 is 4.79 Å². The predicted molar refractivity (Wildman–Crippen MR) is 48.1 cm³/mol. The minimum absolute atomic E-state index is 0.219. The fourth-order valence-corrected chi connectivity index (χ4v) is 1.70. The largest absolute Gasteiger partial charge is 0.395 e. The number of nitrogens with two attached hydrogens (primary N) is 2. The third-order valence-corrected chi connectivity index (χ3v) is 2.37. The molecule has 0 fully saturated rings. The summed E-state index contributed by atoms with van der Waals surface area (Å²) in [6, 6.07) is 0. The molecule has 5 heteroatoms. The number of primary amides is 1. The number of nitrogens with zero attached hydrogens (tertiary/aromatic N) is 2. The number of hydrogen-bond donors (Lipinski definition) is 2. The fraction of sp³-hybridized carbons (Fsp3) is 0.500. The normalized spacial score (nSPS) is 15.4. The maximum absolute atomic E-state index is 10.9. The number of carbonyl (C=O) groups excluding carboxylic acids is 1. The van der Waals surface area contributed by atoms with Gasteiger partial charge >= 0.3 is 0 Å². The van der Waals surface area contributed by atoms with Crippen LogP contribution in [0.3, 0.4) is 0 Å². The highest BCUT2D eigenvalue weighted by Crippen LogP contribution is 2.22. The molecule has 70 valence electrons. The smallest absolute Gasteiger partial charge is 0.271 e. The lowest BCUT2D eigenvalue weighted by molar-refractivity contribution is 0.0995. The summed E-state index contributed by atoms with van der Waals surface area (Å²) in [7, 11) is 0. The number of carbonyl (C=O) groups is 1. The summed E-state index contributed by atoms with van der Waals surface area (Å²) in [5, 5.41) is 4.07. The van der Waals surface area contributed by atoms with Gasteiger partial charge in [-0.05, 0) is 19.3 Å². The van der Waals surface area contributed by atoms with Gasteiger partial charge in [0, 0.05) is 6.54 Å². The summed E-state index contributed by atoms with van der Waals surface area (Å²) in [5.74, 6) is -0.542. The first kappa shape index (κ1) is 8.10. The highest BCUT2D eigenvalue weighted by molar-refractivity contribution is 5.96. The molecular weight excluding hydrogens is 168 g/mol. The molecule has 2 rings (SSSR count). The molecule has 1 aromatic heterocycles. The zero-order chi connectivity index (χ0) is 9.42. The Morgan fingerprint density at radius 1 is 1.46 bits per heavy atom. The van der Waals surface area contributed by atoms with Gasteiger partial charge in [0.2, 0.25) is 0 Å². The first-order valence-electron chi connectivity index (χ1n) is 4.35. The first-order chi connectivity index (χ1) is 6.20. The molecule has 0 bridgehead atoms. The van der Waals surface area contributed by atoms with E-state index in [1.165, 1.54) is 0 Å². The maximum Gasteiger partial charge on any atom is 0.271 e. The molecule has 2 heterocycles. The van der Waals surface area contributed by atoms with Crippen LogP contribution in [0, 0.1) is 0 Å². The van der Waals surface area contributed by atoms with Crippen LogP contribution in [0.4, 0.5) is 5.69 Å². The lowest BCUT2D eigenvalue weighted by atomic mass is 10.1. The molecule has 4 N–H and O–H groups in total. The second-order valence-corrected chi connectivity index (χ2v) is 3.25. The van der Waals surface area contributed by atoms with Crippen molar-refractivity contribution in [2.75, 3.05) is 5.73 Å². The van der Waals surface area contributed by atoms with Crippen molar-refractivity contribution in [2.24, 2.45) is 5.73 Å². The van der Waals surface area contributed by atoms with Gasteiger partial charge in [-0.15, -0.1) is 0 Å². The Hall–Kier alpha value is -1.52. The number of rotatable bonds is 1. The molecule has 1 amide bonds. The fourth-order valence-electron chi connectivity index (χ4n) is 1.70. The molecule has 0 radical (unpaired) electrons. The lowest BCUT2D eigenvalue weighted by Crippen LogP contribution is -2.14. The van der Waals surface area contributed by atoms with Gasteiger partial charge in [0.25, 0.3) is 5.91 Å². The predicted octanol–water partition coefficient (Wildman–Crippen LogP) is -0.0995. The summed E-state index contributed by atoms with van der Waals surface area (Å²) in [6.07, 6.45) is 3.09. The van der Waals surface area contributed by atoms with Crippen molar-refractivity contribution in [3.63, 3.8) is 0 Å². The third-order valence-electron chi connectivity index (χ3n) is 2.37. The standard InChI is InChI=1S/C8H12N4O/c9-6-5-3-1-2-4-12(5)11-7(6)8(10)13/h1-4,9H2,(H2,10,13). The lowest BCUT2D eigenvalue weighted by Gasteiger charge is -2.12. The average Bonchev–Trinajstić information content (AvgIpc) is 2.45. The molecule has 0 saturated carbocycles. The van der Waals surface area contributed by atoms with Crippen molar-refractivity contribution in [1.82, 2.24) is 9.78 Å². The van der Waals surface area contributed by atoms with Crippen molar-refractivity contribution in [3.8, 4) is 0 Å². The Balaban J connectivity index is 2.50. The van der Waals surface area contributed by atoms with Crippen LogP contribution in [0.1, 0.15) is 29.0 Å². The highest BCUT2D eigenvalue weighted by Gasteiger charge is 2.20. The maximum atomic E-state index is 10.9. The van der Waals surface area contributed by atoms with Crippen molar-refractivity contribution in [2.45, 2.75) is 25.8 Å². The molecular formula is C8H12N4O. The number of amides is 1. The Labute approximate surface area is 75.7 Å². The van der Waals surface area contributed by atoms with Crippen LogP contribution in [0.5, 0.6) is 0 Å². The summed E-state index contributed by atoms with van der Waals surface area (Å²) < 4.78 is 1.79. The second kappa shape index (κ2) is 2.76. The van der Waals surface area contributed by atoms with E-state index in [1.807, 2.05) is 0 Å². The number of hydrogen-bond acceptors (Lipinski definition) is 3. The van der Waals surface area contributed by atoms with Gasteiger partial charge in [-0.3, -0.25) is 9.48 Å². The van der Waals surface area contributed by atoms with Gasteiger partial charge in [-0.25, -0.2) is 0 Å². The zero-order valence-corrected chi connectivity index (χ0v) is 7.29. The van der Waals surface area contributed by atoms with Crippen molar-refractivity contribution in [3.05, 3.63) is 11.4 Å². The average molecular weight is 180 g/mol. The summed E-state index contributed by atoms with van der Waals surface area (Å²) in [4.78, 5) is 10.9. The highest BCUT2D eigenvalue weighted by atomic mass is 16.1. The molecule has 0 aliphatic carbocycles. The van der Waals surface area contributed by atoms with E-state index in [0.29, 0.717) is 5.69 Å². The third kappa shape index (κ3) is 1.16.